The van der Waals surface area contributed by atoms with Crippen molar-refractivity contribution in [2.24, 2.45) is 12.0 Å². The zero-order valence-corrected chi connectivity index (χ0v) is 23.8. The summed E-state index contributed by atoms with van der Waals surface area (Å²) in [6.45, 7) is 8.38. The number of allylic oxidation sites excluding steroid dienone is 2. The van der Waals surface area contributed by atoms with E-state index in [1.165, 1.54) is 0 Å². The van der Waals surface area contributed by atoms with Gasteiger partial charge in [-0.25, -0.2) is 9.18 Å². The second-order valence-corrected chi connectivity index (χ2v) is 10.5. The Labute approximate surface area is 231 Å². The van der Waals surface area contributed by atoms with Gasteiger partial charge in [-0.1, -0.05) is 11.6 Å². The summed E-state index contributed by atoms with van der Waals surface area (Å²) in [5, 5.41) is 9.05. The third-order valence-corrected chi connectivity index (χ3v) is 7.82. The fourth-order valence-corrected chi connectivity index (χ4v) is 5.78. The molecule has 1 aliphatic rings. The average Bonchev–Trinajstić information content (AvgIpc) is 3.47. The number of benzene rings is 2. The lowest BCUT2D eigenvalue weighted by molar-refractivity contribution is 0.605. The van der Waals surface area contributed by atoms with E-state index in [0.717, 1.165) is 52.0 Å². The summed E-state index contributed by atoms with van der Waals surface area (Å²) in [6.07, 6.45) is 7.95. The quantitative estimate of drug-likeness (QED) is 0.357. The summed E-state index contributed by atoms with van der Waals surface area (Å²) in [7, 11) is 3.64. The van der Waals surface area contributed by atoms with Crippen LogP contribution >= 0.6 is 11.6 Å². The van der Waals surface area contributed by atoms with Gasteiger partial charge in [0.05, 0.1) is 28.1 Å². The van der Waals surface area contributed by atoms with E-state index in [4.69, 9.17) is 11.6 Å². The van der Waals surface area contributed by atoms with E-state index in [1.54, 1.807) is 53.3 Å². The van der Waals surface area contributed by atoms with Gasteiger partial charge in [0.2, 0.25) is 0 Å². The van der Waals surface area contributed by atoms with Crippen LogP contribution < -0.4 is 11.0 Å². The number of aliphatic imine (C=N–C) groups is 1. The second kappa shape index (κ2) is 10.4. The molecule has 39 heavy (non-hydrogen) atoms. The number of rotatable bonds is 4. The van der Waals surface area contributed by atoms with Gasteiger partial charge in [-0.05, 0) is 80.3 Å². The van der Waals surface area contributed by atoms with Gasteiger partial charge in [0.15, 0.2) is 0 Å². The molecule has 7 nitrogen and oxygen atoms in total. The van der Waals surface area contributed by atoms with Crippen LogP contribution in [-0.2, 0) is 7.05 Å². The Balaban J connectivity index is 1.73. The molecule has 5 rings (SSSR count). The minimum atomic E-state index is -0.255. The van der Waals surface area contributed by atoms with Crippen molar-refractivity contribution in [1.82, 2.24) is 24.2 Å². The maximum absolute atomic E-state index is 14.3. The van der Waals surface area contributed by atoms with Crippen LogP contribution in [0.4, 0.5) is 4.39 Å². The van der Waals surface area contributed by atoms with Gasteiger partial charge in [0.25, 0.3) is 0 Å². The van der Waals surface area contributed by atoms with E-state index >= 15 is 0 Å². The van der Waals surface area contributed by atoms with Gasteiger partial charge >= 0.3 is 5.69 Å². The SMILES string of the molecule is CN=C1CCN[C@@H](C)/C1=C(/C(C)=C\c1cc(C)c(F)c(C)c1)n1ccn(-c2ccc3c(cnn3C)c2Cl)c1=O. The van der Waals surface area contributed by atoms with E-state index < -0.39 is 0 Å². The van der Waals surface area contributed by atoms with Gasteiger partial charge in [0.1, 0.15) is 5.82 Å². The van der Waals surface area contributed by atoms with Crippen LogP contribution in [-0.4, -0.2) is 44.3 Å². The zero-order chi connectivity index (χ0) is 28.0. The van der Waals surface area contributed by atoms with Gasteiger partial charge in [-0.3, -0.25) is 18.8 Å². The summed E-state index contributed by atoms with van der Waals surface area (Å²) >= 11 is 6.77. The molecule has 0 spiro atoms. The van der Waals surface area contributed by atoms with Gasteiger partial charge in [0, 0.05) is 62.2 Å². The number of aromatic nitrogens is 4. The standard InChI is InChI=1S/C30H32ClFN6O/c1-17-13-21(14-18(2)28(17)32)15-19(3)29(26-20(4)34-10-9-23(26)33-5)38-12-11-37(30(38)39)25-8-7-24-22(27(25)31)16-35-36(24)6/h7-8,11-16,20,34H,9-10H2,1-6H3/b19-15-,29-26+,33-23?/t20-/m0/s1. The summed E-state index contributed by atoms with van der Waals surface area (Å²) < 4.78 is 19.3. The minimum Gasteiger partial charge on any atom is -0.310 e. The average molecular weight is 547 g/mol. The normalized spacial score (nSPS) is 18.8. The predicted molar refractivity (Wildman–Crippen MR) is 157 cm³/mol. The Morgan fingerprint density at radius 1 is 1.23 bits per heavy atom. The molecule has 1 saturated heterocycles. The van der Waals surface area contributed by atoms with E-state index in [9.17, 15) is 9.18 Å². The highest BCUT2D eigenvalue weighted by atomic mass is 35.5. The molecule has 1 fully saturated rings. The number of halogens is 2. The number of hydrogen-bond acceptors (Lipinski definition) is 4. The van der Waals surface area contributed by atoms with Crippen molar-refractivity contribution >= 4 is 40.0 Å². The molecule has 2 aromatic carbocycles. The van der Waals surface area contributed by atoms with E-state index in [0.29, 0.717) is 21.8 Å². The number of hydrogen-bond donors (Lipinski definition) is 1. The largest absolute Gasteiger partial charge is 0.337 e. The lowest BCUT2D eigenvalue weighted by atomic mass is 9.91. The molecule has 0 aliphatic carbocycles. The van der Waals surface area contributed by atoms with Crippen molar-refractivity contribution in [3.63, 3.8) is 0 Å². The predicted octanol–water partition coefficient (Wildman–Crippen LogP) is 5.70. The van der Waals surface area contributed by atoms with Crippen molar-refractivity contribution in [3.05, 3.63) is 92.0 Å². The van der Waals surface area contributed by atoms with Crippen LogP contribution in [0.25, 0.3) is 28.4 Å². The molecular formula is C30H32ClFN6O. The summed E-state index contributed by atoms with van der Waals surface area (Å²) in [5.74, 6) is -0.204. The van der Waals surface area contributed by atoms with Crippen molar-refractivity contribution in [2.75, 3.05) is 13.6 Å². The van der Waals surface area contributed by atoms with Gasteiger partial charge in [-0.2, -0.15) is 5.10 Å². The Hall–Kier alpha value is -3.75. The highest BCUT2D eigenvalue weighted by molar-refractivity contribution is 6.37. The number of nitrogens with zero attached hydrogens (tertiary/aromatic N) is 5. The molecule has 1 N–H and O–H groups in total. The maximum Gasteiger partial charge on any atom is 0.337 e. The minimum absolute atomic E-state index is 0.0296. The molecule has 1 atom stereocenters. The molecule has 2 aromatic heterocycles. The summed E-state index contributed by atoms with van der Waals surface area (Å²) in [4.78, 5) is 18.6. The summed E-state index contributed by atoms with van der Waals surface area (Å²) in [5.41, 5.74) is 6.75. The fraction of sp³-hybridized carbons (Fsp3) is 0.300. The molecule has 0 bridgehead atoms. The lowest BCUT2D eigenvalue weighted by Crippen LogP contribution is -2.40. The topological polar surface area (TPSA) is 69.1 Å². The molecular weight excluding hydrogens is 515 g/mol. The van der Waals surface area contributed by atoms with Crippen LogP contribution in [0.5, 0.6) is 0 Å². The van der Waals surface area contributed by atoms with Crippen molar-refractivity contribution < 1.29 is 4.39 Å². The molecule has 0 radical (unpaired) electrons. The smallest absolute Gasteiger partial charge is 0.310 e. The van der Waals surface area contributed by atoms with E-state index in [1.807, 2.05) is 44.3 Å². The Morgan fingerprint density at radius 2 is 1.95 bits per heavy atom. The second-order valence-electron chi connectivity index (χ2n) is 10.1. The van der Waals surface area contributed by atoms with Crippen LogP contribution in [0.3, 0.4) is 0 Å². The fourth-order valence-electron chi connectivity index (χ4n) is 5.48. The molecule has 3 heterocycles. The first kappa shape index (κ1) is 26.8. The van der Waals surface area contributed by atoms with Crippen LogP contribution in [0.1, 0.15) is 37.0 Å². The molecule has 202 valence electrons. The number of imidazole rings is 1. The maximum atomic E-state index is 14.3. The first-order valence-electron chi connectivity index (χ1n) is 12.9. The van der Waals surface area contributed by atoms with Crippen LogP contribution in [0.2, 0.25) is 5.02 Å². The monoisotopic (exact) mass is 546 g/mol. The highest BCUT2D eigenvalue weighted by Crippen LogP contribution is 2.31. The van der Waals surface area contributed by atoms with Crippen molar-refractivity contribution in [3.8, 4) is 5.69 Å². The van der Waals surface area contributed by atoms with E-state index in [-0.39, 0.29) is 17.5 Å². The molecule has 9 heteroatoms. The van der Waals surface area contributed by atoms with Crippen LogP contribution in [0.15, 0.2) is 63.8 Å². The van der Waals surface area contributed by atoms with Crippen molar-refractivity contribution in [2.45, 2.75) is 40.2 Å². The number of fused-ring (bicyclic) bond motifs is 1. The zero-order valence-electron chi connectivity index (χ0n) is 23.0. The summed E-state index contributed by atoms with van der Waals surface area (Å²) in [6, 6.07) is 7.36. The molecule has 1 aliphatic heterocycles. The first-order valence-corrected chi connectivity index (χ1v) is 13.3. The molecule has 0 amide bonds. The third kappa shape index (κ3) is 4.68. The Kier molecular flexibility index (Phi) is 7.18. The van der Waals surface area contributed by atoms with Gasteiger partial charge < -0.3 is 5.32 Å². The third-order valence-electron chi connectivity index (χ3n) is 7.42. The lowest BCUT2D eigenvalue weighted by Gasteiger charge is -2.28. The Bertz CT molecular complexity index is 1730. The highest BCUT2D eigenvalue weighted by Gasteiger charge is 2.27. The number of nitrogens with one attached hydrogen (secondary N) is 1. The van der Waals surface area contributed by atoms with Crippen LogP contribution in [0, 0.1) is 19.7 Å². The van der Waals surface area contributed by atoms with E-state index in [2.05, 4.69) is 22.3 Å². The first-order chi connectivity index (χ1) is 18.6. The van der Waals surface area contributed by atoms with Gasteiger partial charge in [-0.15, -0.1) is 0 Å². The number of aryl methyl sites for hydroxylation is 3. The Morgan fingerprint density at radius 3 is 2.64 bits per heavy atom. The molecule has 4 aromatic rings. The van der Waals surface area contributed by atoms with Crippen molar-refractivity contribution in [1.29, 1.82) is 0 Å². The molecule has 0 saturated carbocycles. The molecule has 0 unspecified atom stereocenters. The number of piperidine rings is 1.